The van der Waals surface area contributed by atoms with Gasteiger partial charge in [-0.05, 0) is 12.1 Å². The summed E-state index contributed by atoms with van der Waals surface area (Å²) >= 11 is 1.47. The maximum Gasteiger partial charge on any atom is 0.158 e. The van der Waals surface area contributed by atoms with E-state index in [0.29, 0.717) is 29.1 Å². The number of benzene rings is 1. The summed E-state index contributed by atoms with van der Waals surface area (Å²) in [5.74, 6) is 0.236. The van der Waals surface area contributed by atoms with Crippen LogP contribution in [-0.4, -0.2) is 15.0 Å². The van der Waals surface area contributed by atoms with Crippen molar-refractivity contribution in [2.75, 3.05) is 0 Å². The van der Waals surface area contributed by atoms with Crippen molar-refractivity contribution in [1.82, 2.24) is 15.0 Å². The predicted molar refractivity (Wildman–Crippen MR) is 65.1 cm³/mol. The number of nitrogens with one attached hydrogen (secondary N) is 1. The molecule has 3 rings (SSSR count). The highest BCUT2D eigenvalue weighted by molar-refractivity contribution is 7.09. The van der Waals surface area contributed by atoms with Gasteiger partial charge in [0, 0.05) is 11.9 Å². The van der Waals surface area contributed by atoms with Crippen molar-refractivity contribution in [3.05, 3.63) is 34.4 Å². The average molecular weight is 248 g/mol. The number of nitrogens with two attached hydrogens (primary N) is 1. The summed E-state index contributed by atoms with van der Waals surface area (Å²) in [6.45, 7) is 0.402. The summed E-state index contributed by atoms with van der Waals surface area (Å²) in [6, 6.07) is 4.82. The van der Waals surface area contributed by atoms with Crippen LogP contribution in [0.5, 0.6) is 0 Å². The molecule has 3 N–H and O–H groups in total. The van der Waals surface area contributed by atoms with Crippen molar-refractivity contribution >= 4 is 22.4 Å². The Labute approximate surface area is 100 Å². The van der Waals surface area contributed by atoms with Gasteiger partial charge in [-0.1, -0.05) is 6.07 Å². The minimum absolute atomic E-state index is 0.334. The van der Waals surface area contributed by atoms with Gasteiger partial charge in [0.2, 0.25) is 0 Å². The Kier molecular flexibility index (Phi) is 2.38. The minimum atomic E-state index is -0.334. The average Bonchev–Trinajstić information content (AvgIpc) is 2.95. The molecule has 0 saturated carbocycles. The first kappa shape index (κ1) is 10.4. The molecule has 2 heterocycles. The summed E-state index contributed by atoms with van der Waals surface area (Å²) < 4.78 is 13.5. The van der Waals surface area contributed by atoms with Gasteiger partial charge in [0.05, 0.1) is 5.52 Å². The zero-order valence-corrected chi connectivity index (χ0v) is 9.59. The molecule has 17 heavy (non-hydrogen) atoms. The van der Waals surface area contributed by atoms with Crippen LogP contribution < -0.4 is 5.73 Å². The third-order valence-corrected chi connectivity index (χ3v) is 3.30. The molecule has 0 fully saturated rings. The molecule has 0 aliphatic heterocycles. The van der Waals surface area contributed by atoms with E-state index in [4.69, 9.17) is 5.73 Å². The van der Waals surface area contributed by atoms with Crippen LogP contribution in [-0.2, 0) is 6.54 Å². The fourth-order valence-corrected chi connectivity index (χ4v) is 2.29. The molecule has 1 aromatic carbocycles. The molecule has 86 valence electrons. The van der Waals surface area contributed by atoms with E-state index in [0.717, 1.165) is 5.01 Å². The number of H-pyrrole nitrogens is 1. The van der Waals surface area contributed by atoms with Gasteiger partial charge in [-0.25, -0.2) is 14.4 Å². The standard InChI is InChI=1S/C11H9FN4S/c12-6-2-1-3-7-10(6)16-11(15-7)8-5-17-9(4-13)14-8/h1-3,5H,4,13H2,(H,15,16). The van der Waals surface area contributed by atoms with E-state index in [1.165, 1.54) is 17.4 Å². The molecular formula is C11H9FN4S. The molecule has 0 aliphatic rings. The van der Waals surface area contributed by atoms with Gasteiger partial charge in [-0.2, -0.15) is 0 Å². The highest BCUT2D eigenvalue weighted by atomic mass is 32.1. The molecule has 0 atom stereocenters. The largest absolute Gasteiger partial charge is 0.337 e. The SMILES string of the molecule is NCc1nc(-c2nc3c(F)cccc3[nH]2)cs1. The second-order valence-corrected chi connectivity index (χ2v) is 4.49. The maximum atomic E-state index is 13.5. The van der Waals surface area contributed by atoms with E-state index >= 15 is 0 Å². The number of thiazole rings is 1. The molecule has 0 aliphatic carbocycles. The quantitative estimate of drug-likeness (QED) is 0.731. The van der Waals surface area contributed by atoms with E-state index < -0.39 is 0 Å². The van der Waals surface area contributed by atoms with Gasteiger partial charge in [0.25, 0.3) is 0 Å². The van der Waals surface area contributed by atoms with E-state index in [-0.39, 0.29) is 5.82 Å². The number of aromatic amines is 1. The maximum absolute atomic E-state index is 13.5. The number of aromatic nitrogens is 3. The van der Waals surface area contributed by atoms with Gasteiger partial charge >= 0.3 is 0 Å². The molecule has 6 heteroatoms. The van der Waals surface area contributed by atoms with Gasteiger partial charge in [0.1, 0.15) is 16.2 Å². The van der Waals surface area contributed by atoms with Crippen LogP contribution in [0, 0.1) is 5.82 Å². The smallest absolute Gasteiger partial charge is 0.158 e. The number of nitrogens with zero attached hydrogens (tertiary/aromatic N) is 2. The number of halogens is 1. The Balaban J connectivity index is 2.14. The lowest BCUT2D eigenvalue weighted by atomic mass is 10.3. The van der Waals surface area contributed by atoms with Crippen molar-refractivity contribution in [3.63, 3.8) is 0 Å². The number of rotatable bonds is 2. The monoisotopic (exact) mass is 248 g/mol. The van der Waals surface area contributed by atoms with Crippen molar-refractivity contribution < 1.29 is 4.39 Å². The first-order chi connectivity index (χ1) is 8.28. The molecule has 0 spiro atoms. The van der Waals surface area contributed by atoms with Gasteiger partial charge in [-0.15, -0.1) is 11.3 Å². The fourth-order valence-electron chi connectivity index (χ4n) is 1.63. The summed E-state index contributed by atoms with van der Waals surface area (Å²) in [6.07, 6.45) is 0. The molecule has 0 unspecified atom stereocenters. The Morgan fingerprint density at radius 1 is 1.35 bits per heavy atom. The number of imidazole rings is 1. The molecular weight excluding hydrogens is 239 g/mol. The Bertz CT molecular complexity index is 673. The van der Waals surface area contributed by atoms with Crippen LogP contribution in [0.15, 0.2) is 23.6 Å². The van der Waals surface area contributed by atoms with E-state index in [9.17, 15) is 4.39 Å². The third-order valence-electron chi connectivity index (χ3n) is 2.43. The fraction of sp³-hybridized carbons (Fsp3) is 0.0909. The summed E-state index contributed by atoms with van der Waals surface area (Å²) in [5, 5.41) is 2.69. The highest BCUT2D eigenvalue weighted by Crippen LogP contribution is 2.23. The van der Waals surface area contributed by atoms with Crippen LogP contribution >= 0.6 is 11.3 Å². The van der Waals surface area contributed by atoms with E-state index in [2.05, 4.69) is 15.0 Å². The van der Waals surface area contributed by atoms with Gasteiger partial charge in [0.15, 0.2) is 11.6 Å². The van der Waals surface area contributed by atoms with Crippen LogP contribution in [0.3, 0.4) is 0 Å². The Morgan fingerprint density at radius 2 is 2.24 bits per heavy atom. The number of fused-ring (bicyclic) bond motifs is 1. The van der Waals surface area contributed by atoms with Crippen molar-refractivity contribution in [2.45, 2.75) is 6.54 Å². The normalized spacial score (nSPS) is 11.2. The predicted octanol–water partition coefficient (Wildman–Crippen LogP) is 2.28. The molecule has 4 nitrogen and oxygen atoms in total. The first-order valence-corrected chi connectivity index (χ1v) is 5.95. The summed E-state index contributed by atoms with van der Waals surface area (Å²) in [4.78, 5) is 11.5. The number of hydrogen-bond acceptors (Lipinski definition) is 4. The van der Waals surface area contributed by atoms with Crippen molar-refractivity contribution in [3.8, 4) is 11.5 Å². The molecule has 0 saturated heterocycles. The zero-order valence-electron chi connectivity index (χ0n) is 8.77. The second kappa shape index (κ2) is 3.90. The zero-order chi connectivity index (χ0) is 11.8. The lowest BCUT2D eigenvalue weighted by molar-refractivity contribution is 0.637. The minimum Gasteiger partial charge on any atom is -0.337 e. The van der Waals surface area contributed by atoms with E-state index in [1.54, 1.807) is 12.1 Å². The summed E-state index contributed by atoms with van der Waals surface area (Å²) in [7, 11) is 0. The van der Waals surface area contributed by atoms with Crippen molar-refractivity contribution in [1.29, 1.82) is 0 Å². The Morgan fingerprint density at radius 3 is 2.94 bits per heavy atom. The van der Waals surface area contributed by atoms with Crippen LogP contribution in [0.1, 0.15) is 5.01 Å². The van der Waals surface area contributed by atoms with E-state index in [1.807, 2.05) is 5.38 Å². The number of hydrogen-bond donors (Lipinski definition) is 2. The second-order valence-electron chi connectivity index (χ2n) is 3.55. The first-order valence-electron chi connectivity index (χ1n) is 5.07. The molecule has 0 amide bonds. The Hall–Kier alpha value is -1.79. The highest BCUT2D eigenvalue weighted by Gasteiger charge is 2.11. The topological polar surface area (TPSA) is 67.6 Å². The molecule has 0 bridgehead atoms. The van der Waals surface area contributed by atoms with Crippen LogP contribution in [0.25, 0.3) is 22.6 Å². The van der Waals surface area contributed by atoms with Gasteiger partial charge in [-0.3, -0.25) is 0 Å². The van der Waals surface area contributed by atoms with Crippen molar-refractivity contribution in [2.24, 2.45) is 5.73 Å². The van der Waals surface area contributed by atoms with Crippen LogP contribution in [0.2, 0.25) is 0 Å². The summed E-state index contributed by atoms with van der Waals surface area (Å²) in [5.41, 5.74) is 7.20. The molecule has 0 radical (unpaired) electrons. The third kappa shape index (κ3) is 1.71. The lowest BCUT2D eigenvalue weighted by Gasteiger charge is -1.87. The molecule has 3 aromatic rings. The lowest BCUT2D eigenvalue weighted by Crippen LogP contribution is -1.94. The van der Waals surface area contributed by atoms with Crippen LogP contribution in [0.4, 0.5) is 4.39 Å². The number of para-hydroxylation sites is 1. The molecule has 2 aromatic heterocycles. The van der Waals surface area contributed by atoms with Gasteiger partial charge < -0.3 is 10.7 Å².